The molecule has 1 fully saturated rings. The normalized spacial score (nSPS) is 16.0. The van der Waals surface area contributed by atoms with Crippen molar-refractivity contribution in [3.8, 4) is 11.1 Å². The summed E-state index contributed by atoms with van der Waals surface area (Å²) in [6, 6.07) is 16.6. The van der Waals surface area contributed by atoms with E-state index in [1.165, 1.54) is 18.2 Å². The molecule has 0 spiro atoms. The van der Waals surface area contributed by atoms with Gasteiger partial charge in [0.05, 0.1) is 11.5 Å². The second kappa shape index (κ2) is 13.4. The van der Waals surface area contributed by atoms with Crippen LogP contribution >= 0.6 is 0 Å². The lowest BCUT2D eigenvalue weighted by Gasteiger charge is -2.31. The fraction of sp³-hybridized carbons (Fsp3) is 0.483. The number of nitrogens with one attached hydrogen (secondary N) is 1. The summed E-state index contributed by atoms with van der Waals surface area (Å²) < 4.78 is 27.7. The topological polar surface area (TPSA) is 141 Å². The molecule has 0 aliphatic carbocycles. The van der Waals surface area contributed by atoms with Crippen LogP contribution in [0.5, 0.6) is 0 Å². The molecule has 0 radical (unpaired) electrons. The molecule has 2 aromatic rings. The van der Waals surface area contributed by atoms with Crippen molar-refractivity contribution in [2.45, 2.75) is 57.0 Å². The van der Waals surface area contributed by atoms with Gasteiger partial charge in [-0.1, -0.05) is 56.3 Å². The number of nitrogens with zero attached hydrogens (tertiary/aromatic N) is 1. The Balaban J connectivity index is 1.41. The molecule has 3 N–H and O–H groups in total. The zero-order valence-electron chi connectivity index (χ0n) is 22.5. The molecule has 1 atom stereocenters. The number of Topliss-reactive ketones (excluding diaryl/α,β-unsaturated/α-hetero) is 2. The van der Waals surface area contributed by atoms with Crippen molar-refractivity contribution in [2.75, 3.05) is 26.2 Å². The van der Waals surface area contributed by atoms with Crippen molar-refractivity contribution < 1.29 is 33.0 Å². The second-order valence-corrected chi connectivity index (χ2v) is 12.7. The van der Waals surface area contributed by atoms with E-state index in [0.717, 1.165) is 11.1 Å². The van der Waals surface area contributed by atoms with Crippen LogP contribution in [0.25, 0.3) is 11.1 Å². The number of piperidine rings is 1. The molecule has 39 heavy (non-hydrogen) atoms. The van der Waals surface area contributed by atoms with Crippen molar-refractivity contribution in [3.63, 3.8) is 0 Å². The van der Waals surface area contributed by atoms with Crippen molar-refractivity contribution in [3.05, 3.63) is 54.6 Å². The zero-order valence-corrected chi connectivity index (χ0v) is 23.3. The predicted octanol–water partition coefficient (Wildman–Crippen LogP) is 2.56. The van der Waals surface area contributed by atoms with Crippen LogP contribution in [0.1, 0.15) is 46.0 Å². The van der Waals surface area contributed by atoms with Crippen LogP contribution < -0.4 is 5.32 Å². The molecule has 1 saturated heterocycles. The summed E-state index contributed by atoms with van der Waals surface area (Å²) in [5.74, 6) is -1.67. The Labute approximate surface area is 230 Å². The van der Waals surface area contributed by atoms with E-state index in [1.807, 2.05) is 30.3 Å². The van der Waals surface area contributed by atoms with Gasteiger partial charge in [0, 0.05) is 37.9 Å². The Hall–Kier alpha value is -2.92. The van der Waals surface area contributed by atoms with Crippen LogP contribution in [0.4, 0.5) is 0 Å². The number of ketones is 2. The van der Waals surface area contributed by atoms with Gasteiger partial charge >= 0.3 is 0 Å². The van der Waals surface area contributed by atoms with E-state index in [0.29, 0.717) is 32.4 Å². The number of aliphatic hydroxyl groups is 2. The minimum atomic E-state index is -3.62. The third-order valence-corrected chi connectivity index (χ3v) is 9.22. The standard InChI is InChI=1S/C29H38N2O7S/c1-29(2,20-32)27(35)28(36)30-17-14-26(34)25(33)13-8-21-15-18-31(19-16-21)39(37,38)24-11-9-23(10-12-24)22-6-4-3-5-7-22/h3-7,9-12,21,27,32,35H,8,13-20H2,1-2H3,(H,30,36)/t27-/m0/s1. The van der Waals surface area contributed by atoms with Gasteiger partial charge in [-0.3, -0.25) is 14.4 Å². The molecular formula is C29H38N2O7S. The Morgan fingerprint density at radius 3 is 2.10 bits per heavy atom. The zero-order chi connectivity index (χ0) is 28.6. The largest absolute Gasteiger partial charge is 0.396 e. The SMILES string of the molecule is CC(C)(CO)[C@@H](O)C(=O)NCCC(=O)C(=O)CCC1CCN(S(=O)(=O)c2ccc(-c3ccccc3)cc2)CC1. The molecule has 1 aliphatic heterocycles. The molecule has 9 nitrogen and oxygen atoms in total. The van der Waals surface area contributed by atoms with Gasteiger partial charge < -0.3 is 15.5 Å². The summed E-state index contributed by atoms with van der Waals surface area (Å²) in [6.07, 6.45) is 0.188. The Morgan fingerprint density at radius 2 is 1.51 bits per heavy atom. The minimum absolute atomic E-state index is 0.0747. The third kappa shape index (κ3) is 8.04. The lowest BCUT2D eigenvalue weighted by Crippen LogP contribution is -2.46. The highest BCUT2D eigenvalue weighted by Crippen LogP contribution is 2.28. The first-order valence-corrected chi connectivity index (χ1v) is 14.7. The van der Waals surface area contributed by atoms with Gasteiger partial charge in [-0.05, 0) is 48.4 Å². The summed E-state index contributed by atoms with van der Waals surface area (Å²) in [7, 11) is -3.62. The summed E-state index contributed by atoms with van der Waals surface area (Å²) in [4.78, 5) is 36.7. The van der Waals surface area contributed by atoms with Gasteiger partial charge in [-0.15, -0.1) is 0 Å². The lowest BCUT2D eigenvalue weighted by atomic mass is 9.87. The first-order valence-electron chi connectivity index (χ1n) is 13.2. The molecule has 1 amide bonds. The highest BCUT2D eigenvalue weighted by Gasteiger charge is 2.33. The maximum absolute atomic E-state index is 13.1. The monoisotopic (exact) mass is 558 g/mol. The molecule has 2 aromatic carbocycles. The number of sulfonamides is 1. The highest BCUT2D eigenvalue weighted by molar-refractivity contribution is 7.89. The summed E-state index contributed by atoms with van der Waals surface area (Å²) in [6.45, 7) is 3.32. The number of benzene rings is 2. The van der Waals surface area contributed by atoms with E-state index in [2.05, 4.69) is 5.32 Å². The van der Waals surface area contributed by atoms with E-state index in [9.17, 15) is 33.0 Å². The number of carbonyl (C=O) groups is 3. The van der Waals surface area contributed by atoms with E-state index in [-0.39, 0.29) is 36.8 Å². The highest BCUT2D eigenvalue weighted by atomic mass is 32.2. The van der Waals surface area contributed by atoms with Crippen molar-refractivity contribution in [2.24, 2.45) is 11.3 Å². The van der Waals surface area contributed by atoms with Gasteiger partial charge in [-0.2, -0.15) is 4.31 Å². The molecule has 0 saturated carbocycles. The van der Waals surface area contributed by atoms with Crippen LogP contribution in [0.3, 0.4) is 0 Å². The fourth-order valence-corrected chi connectivity index (χ4v) is 5.96. The average molecular weight is 559 g/mol. The van der Waals surface area contributed by atoms with Crippen molar-refractivity contribution >= 4 is 27.5 Å². The first kappa shape index (κ1) is 30.6. The minimum Gasteiger partial charge on any atom is -0.396 e. The number of carbonyl (C=O) groups excluding carboxylic acids is 3. The van der Waals surface area contributed by atoms with E-state index >= 15 is 0 Å². The number of rotatable bonds is 13. The van der Waals surface area contributed by atoms with Gasteiger partial charge in [0.2, 0.25) is 15.9 Å². The summed E-state index contributed by atoms with van der Waals surface area (Å²) in [5, 5.41) is 21.6. The predicted molar refractivity (Wildman–Crippen MR) is 147 cm³/mol. The summed E-state index contributed by atoms with van der Waals surface area (Å²) in [5.41, 5.74) is 0.935. The maximum Gasteiger partial charge on any atom is 0.249 e. The maximum atomic E-state index is 13.1. The molecule has 212 valence electrons. The molecule has 0 unspecified atom stereocenters. The Kier molecular flexibility index (Phi) is 10.5. The van der Waals surface area contributed by atoms with Crippen LogP contribution in [0, 0.1) is 11.3 Å². The third-order valence-electron chi connectivity index (χ3n) is 7.31. The number of amides is 1. The fourth-order valence-electron chi connectivity index (χ4n) is 4.49. The molecule has 0 aromatic heterocycles. The first-order chi connectivity index (χ1) is 18.5. The van der Waals surface area contributed by atoms with E-state index < -0.39 is 39.0 Å². The Morgan fingerprint density at radius 1 is 0.949 bits per heavy atom. The van der Waals surface area contributed by atoms with Crippen LogP contribution in [-0.4, -0.2) is 72.8 Å². The van der Waals surface area contributed by atoms with E-state index in [4.69, 9.17) is 0 Å². The Bertz CT molecular complexity index is 1240. The molecule has 1 heterocycles. The quantitative estimate of drug-likeness (QED) is 0.321. The van der Waals surface area contributed by atoms with Gasteiger partial charge in [0.1, 0.15) is 6.10 Å². The molecular weight excluding hydrogens is 520 g/mol. The average Bonchev–Trinajstić information content (AvgIpc) is 2.96. The number of hydrogen-bond donors (Lipinski definition) is 3. The molecule has 3 rings (SSSR count). The van der Waals surface area contributed by atoms with Crippen LogP contribution in [0.2, 0.25) is 0 Å². The van der Waals surface area contributed by atoms with E-state index in [1.54, 1.807) is 24.3 Å². The smallest absolute Gasteiger partial charge is 0.249 e. The van der Waals surface area contributed by atoms with Crippen molar-refractivity contribution in [1.82, 2.24) is 9.62 Å². The van der Waals surface area contributed by atoms with Gasteiger partial charge in [0.15, 0.2) is 11.6 Å². The van der Waals surface area contributed by atoms with Crippen LogP contribution in [0.15, 0.2) is 59.5 Å². The van der Waals surface area contributed by atoms with Gasteiger partial charge in [-0.25, -0.2) is 8.42 Å². The number of aliphatic hydroxyl groups excluding tert-OH is 2. The lowest BCUT2D eigenvalue weighted by molar-refractivity contribution is -0.138. The van der Waals surface area contributed by atoms with Gasteiger partial charge in [0.25, 0.3) is 0 Å². The van der Waals surface area contributed by atoms with Crippen LogP contribution in [-0.2, 0) is 24.4 Å². The molecule has 10 heteroatoms. The van der Waals surface area contributed by atoms with Crippen molar-refractivity contribution in [1.29, 1.82) is 0 Å². The number of hydrogen-bond acceptors (Lipinski definition) is 7. The molecule has 1 aliphatic rings. The summed E-state index contributed by atoms with van der Waals surface area (Å²) >= 11 is 0. The molecule has 0 bridgehead atoms. The second-order valence-electron chi connectivity index (χ2n) is 10.7.